The minimum Gasteiger partial charge on any atom is -0.309 e. The van der Waals surface area contributed by atoms with Gasteiger partial charge in [-0.25, -0.2) is 17.9 Å². The third-order valence-electron chi connectivity index (χ3n) is 2.53. The van der Waals surface area contributed by atoms with Gasteiger partial charge in [-0.3, -0.25) is 0 Å². The molecule has 0 aliphatic heterocycles. The van der Waals surface area contributed by atoms with Gasteiger partial charge in [0.05, 0.1) is 5.75 Å². The minimum atomic E-state index is -3.45. The van der Waals surface area contributed by atoms with Gasteiger partial charge in [0.25, 0.3) is 0 Å². The van der Waals surface area contributed by atoms with Crippen LogP contribution in [0.4, 0.5) is 4.39 Å². The van der Waals surface area contributed by atoms with Crippen molar-refractivity contribution in [2.45, 2.75) is 19.9 Å². The van der Waals surface area contributed by atoms with Crippen LogP contribution in [0.25, 0.3) is 0 Å². The second-order valence-electron chi connectivity index (χ2n) is 4.05. The van der Waals surface area contributed by atoms with Gasteiger partial charge in [-0.1, -0.05) is 12.1 Å². The number of nitrogens with one attached hydrogen (secondary N) is 1. The van der Waals surface area contributed by atoms with Gasteiger partial charge in [0.2, 0.25) is 10.0 Å². The van der Waals surface area contributed by atoms with Gasteiger partial charge < -0.3 is 5.32 Å². The molecule has 0 saturated carbocycles. The van der Waals surface area contributed by atoms with Crippen LogP contribution in [0.1, 0.15) is 24.1 Å². The van der Waals surface area contributed by atoms with E-state index in [1.54, 1.807) is 13.0 Å². The van der Waals surface area contributed by atoms with Gasteiger partial charge in [0, 0.05) is 12.6 Å². The maximum absolute atomic E-state index is 13.3. The Bertz CT molecular complexity index is 488. The van der Waals surface area contributed by atoms with E-state index in [0.29, 0.717) is 5.56 Å². The van der Waals surface area contributed by atoms with Crippen LogP contribution in [0.3, 0.4) is 0 Å². The number of nitrogens with two attached hydrogens (primary N) is 1. The molecule has 1 rings (SSSR count). The van der Waals surface area contributed by atoms with Gasteiger partial charge in [0.1, 0.15) is 5.82 Å². The van der Waals surface area contributed by atoms with Crippen LogP contribution >= 0.6 is 0 Å². The number of primary sulfonamides is 1. The molecule has 17 heavy (non-hydrogen) atoms. The third kappa shape index (κ3) is 4.80. The Labute approximate surface area is 101 Å². The normalized spacial score (nSPS) is 13.6. The molecule has 6 heteroatoms. The molecule has 0 aliphatic carbocycles. The second kappa shape index (κ2) is 5.57. The number of aryl methyl sites for hydroxylation is 1. The predicted octanol–water partition coefficient (Wildman–Crippen LogP) is 1.07. The van der Waals surface area contributed by atoms with Crippen molar-refractivity contribution in [2.75, 3.05) is 12.3 Å². The number of rotatable bonds is 5. The lowest BCUT2D eigenvalue weighted by molar-refractivity contribution is 0.566. The lowest BCUT2D eigenvalue weighted by Crippen LogP contribution is -2.28. The molecule has 0 aromatic heterocycles. The molecule has 0 spiro atoms. The molecule has 0 saturated heterocycles. The van der Waals surface area contributed by atoms with Crippen LogP contribution in [0.5, 0.6) is 0 Å². The van der Waals surface area contributed by atoms with E-state index in [1.165, 1.54) is 6.07 Å². The summed E-state index contributed by atoms with van der Waals surface area (Å²) in [6.07, 6.45) is 0. The van der Waals surface area contributed by atoms with Crippen molar-refractivity contribution >= 4 is 10.0 Å². The molecule has 0 fully saturated rings. The maximum atomic E-state index is 13.3. The SMILES string of the molecule is Cc1ccc(C(C)NCCS(N)(=O)=O)cc1F. The Morgan fingerprint density at radius 3 is 2.65 bits per heavy atom. The minimum absolute atomic E-state index is 0.119. The Morgan fingerprint density at radius 1 is 1.47 bits per heavy atom. The van der Waals surface area contributed by atoms with E-state index in [1.807, 2.05) is 13.0 Å². The van der Waals surface area contributed by atoms with E-state index in [0.717, 1.165) is 5.56 Å². The second-order valence-corrected chi connectivity index (χ2v) is 5.79. The summed E-state index contributed by atoms with van der Waals surface area (Å²) in [6, 6.07) is 4.84. The summed E-state index contributed by atoms with van der Waals surface area (Å²) in [5, 5.41) is 7.85. The summed E-state index contributed by atoms with van der Waals surface area (Å²) >= 11 is 0. The molecule has 0 heterocycles. The summed E-state index contributed by atoms with van der Waals surface area (Å²) in [7, 11) is -3.45. The first kappa shape index (κ1) is 14.1. The maximum Gasteiger partial charge on any atom is 0.210 e. The highest BCUT2D eigenvalue weighted by atomic mass is 32.2. The number of halogens is 1. The fourth-order valence-electron chi connectivity index (χ4n) is 1.41. The van der Waals surface area contributed by atoms with Crippen LogP contribution in [0, 0.1) is 12.7 Å². The highest BCUT2D eigenvalue weighted by Gasteiger charge is 2.08. The summed E-state index contributed by atoms with van der Waals surface area (Å²) < 4.78 is 34.8. The van der Waals surface area contributed by atoms with Crippen molar-refractivity contribution in [3.63, 3.8) is 0 Å². The molecule has 96 valence electrons. The van der Waals surface area contributed by atoms with Gasteiger partial charge in [0.15, 0.2) is 0 Å². The molecule has 1 aromatic rings. The number of sulfonamides is 1. The van der Waals surface area contributed by atoms with Crippen molar-refractivity contribution in [3.8, 4) is 0 Å². The van der Waals surface area contributed by atoms with Gasteiger partial charge in [-0.15, -0.1) is 0 Å². The van der Waals surface area contributed by atoms with E-state index < -0.39 is 10.0 Å². The number of benzene rings is 1. The molecule has 4 nitrogen and oxygen atoms in total. The third-order valence-corrected chi connectivity index (χ3v) is 3.31. The standard InChI is InChI=1S/C11H17FN2O2S/c1-8-3-4-10(7-11(8)12)9(2)14-5-6-17(13,15)16/h3-4,7,9,14H,5-6H2,1-2H3,(H2,13,15,16). The molecular formula is C11H17FN2O2S. The predicted molar refractivity (Wildman–Crippen MR) is 65.5 cm³/mol. The van der Waals surface area contributed by atoms with Crippen molar-refractivity contribution < 1.29 is 12.8 Å². The highest BCUT2D eigenvalue weighted by Crippen LogP contribution is 2.15. The van der Waals surface area contributed by atoms with Crippen molar-refractivity contribution in [1.29, 1.82) is 0 Å². The molecule has 0 amide bonds. The molecule has 0 bridgehead atoms. The monoisotopic (exact) mass is 260 g/mol. The molecule has 1 unspecified atom stereocenters. The van der Waals surface area contributed by atoms with E-state index in [9.17, 15) is 12.8 Å². The van der Waals surface area contributed by atoms with Gasteiger partial charge >= 0.3 is 0 Å². The largest absolute Gasteiger partial charge is 0.309 e. The van der Waals surface area contributed by atoms with Crippen molar-refractivity contribution in [2.24, 2.45) is 5.14 Å². The van der Waals surface area contributed by atoms with Crippen molar-refractivity contribution in [3.05, 3.63) is 35.1 Å². The zero-order valence-electron chi connectivity index (χ0n) is 9.90. The lowest BCUT2D eigenvalue weighted by Gasteiger charge is -2.14. The van der Waals surface area contributed by atoms with Crippen LogP contribution in [-0.4, -0.2) is 20.7 Å². The molecule has 1 atom stereocenters. The molecule has 0 radical (unpaired) electrons. The smallest absolute Gasteiger partial charge is 0.210 e. The Hall–Kier alpha value is -0.980. The fraction of sp³-hybridized carbons (Fsp3) is 0.455. The summed E-state index contributed by atoms with van der Waals surface area (Å²) in [4.78, 5) is 0. The van der Waals surface area contributed by atoms with E-state index in [4.69, 9.17) is 5.14 Å². The van der Waals surface area contributed by atoms with Gasteiger partial charge in [-0.05, 0) is 31.0 Å². The van der Waals surface area contributed by atoms with Crippen LogP contribution in [0.15, 0.2) is 18.2 Å². The molecule has 3 N–H and O–H groups in total. The molecular weight excluding hydrogens is 243 g/mol. The van der Waals surface area contributed by atoms with E-state index in [2.05, 4.69) is 5.32 Å². The first-order chi connectivity index (χ1) is 7.79. The van der Waals surface area contributed by atoms with Crippen LogP contribution < -0.4 is 10.5 Å². The lowest BCUT2D eigenvalue weighted by atomic mass is 10.1. The molecule has 0 aliphatic rings. The zero-order valence-corrected chi connectivity index (χ0v) is 10.7. The average molecular weight is 260 g/mol. The summed E-state index contributed by atoms with van der Waals surface area (Å²) in [5.74, 6) is -0.395. The first-order valence-corrected chi connectivity index (χ1v) is 7.01. The molecule has 1 aromatic carbocycles. The average Bonchev–Trinajstić information content (AvgIpc) is 2.20. The Balaban J connectivity index is 2.58. The van der Waals surface area contributed by atoms with E-state index >= 15 is 0 Å². The van der Waals surface area contributed by atoms with E-state index in [-0.39, 0.29) is 24.2 Å². The summed E-state index contributed by atoms with van der Waals surface area (Å²) in [5.41, 5.74) is 1.37. The van der Waals surface area contributed by atoms with Crippen LogP contribution in [0.2, 0.25) is 0 Å². The van der Waals surface area contributed by atoms with Gasteiger partial charge in [-0.2, -0.15) is 0 Å². The summed E-state index contributed by atoms with van der Waals surface area (Å²) in [6.45, 7) is 3.78. The quantitative estimate of drug-likeness (QED) is 0.832. The van der Waals surface area contributed by atoms with Crippen LogP contribution in [-0.2, 0) is 10.0 Å². The van der Waals surface area contributed by atoms with Crippen molar-refractivity contribution in [1.82, 2.24) is 5.32 Å². The number of hydrogen-bond acceptors (Lipinski definition) is 3. The first-order valence-electron chi connectivity index (χ1n) is 5.29. The zero-order chi connectivity index (χ0) is 13.1. The Kier molecular flexibility index (Phi) is 4.62. The Morgan fingerprint density at radius 2 is 2.12 bits per heavy atom. The number of hydrogen-bond donors (Lipinski definition) is 2. The fourth-order valence-corrected chi connectivity index (χ4v) is 1.82. The highest BCUT2D eigenvalue weighted by molar-refractivity contribution is 7.89. The topological polar surface area (TPSA) is 72.2 Å².